The van der Waals surface area contributed by atoms with Gasteiger partial charge in [0.25, 0.3) is 0 Å². The maximum Gasteiger partial charge on any atom is 0.0490 e. The van der Waals surface area contributed by atoms with Gasteiger partial charge < -0.3 is 5.73 Å². The smallest absolute Gasteiger partial charge is 0.0490 e. The first-order valence-corrected chi connectivity index (χ1v) is 6.27. The maximum atomic E-state index is 5.96. The molecule has 0 radical (unpaired) electrons. The predicted octanol–water partition coefficient (Wildman–Crippen LogP) is 2.51. The second-order valence-corrected chi connectivity index (χ2v) is 5.26. The molecule has 1 aromatic heterocycles. The third kappa shape index (κ3) is 3.05. The first-order valence-electron chi connectivity index (χ1n) is 6.27. The van der Waals surface area contributed by atoms with Crippen molar-refractivity contribution < 1.29 is 0 Å². The van der Waals surface area contributed by atoms with E-state index >= 15 is 0 Å². The summed E-state index contributed by atoms with van der Waals surface area (Å²) < 4.78 is 0. The van der Waals surface area contributed by atoms with E-state index in [1.807, 2.05) is 18.5 Å². The first kappa shape index (κ1) is 14.1. The number of aryl methyl sites for hydroxylation is 1. The average molecular weight is 235 g/mol. The molecule has 0 aliphatic heterocycles. The first-order chi connectivity index (χ1) is 7.94. The molecule has 0 saturated carbocycles. The van der Waals surface area contributed by atoms with Gasteiger partial charge in [-0.1, -0.05) is 6.92 Å². The highest BCUT2D eigenvalue weighted by atomic mass is 15.2. The molecule has 0 aliphatic rings. The van der Waals surface area contributed by atoms with E-state index < -0.39 is 0 Å². The molecule has 0 bridgehead atoms. The number of nitrogens with zero attached hydrogens (tertiary/aromatic N) is 2. The number of pyridine rings is 1. The predicted molar refractivity (Wildman–Crippen MR) is 72.9 cm³/mol. The normalized spacial score (nSPS) is 14.1. The highest BCUT2D eigenvalue weighted by molar-refractivity contribution is 5.25. The number of nitrogens with two attached hydrogens (primary N) is 1. The Morgan fingerprint density at radius 1 is 1.47 bits per heavy atom. The van der Waals surface area contributed by atoms with E-state index in [2.05, 4.69) is 44.6 Å². The van der Waals surface area contributed by atoms with Gasteiger partial charge in [0.1, 0.15) is 0 Å². The third-order valence-electron chi connectivity index (χ3n) is 3.95. The standard InChI is InChI=1S/C14H25N3/c1-6-14(3,4)17(5)13(9-15)12-10-16-8-7-11(12)2/h7-8,10,13H,6,9,15H2,1-5H3. The highest BCUT2D eigenvalue weighted by Crippen LogP contribution is 2.29. The number of rotatable bonds is 5. The third-order valence-corrected chi connectivity index (χ3v) is 3.95. The van der Waals surface area contributed by atoms with Crippen LogP contribution >= 0.6 is 0 Å². The second kappa shape index (κ2) is 5.61. The topological polar surface area (TPSA) is 42.1 Å². The van der Waals surface area contributed by atoms with E-state index in [0.29, 0.717) is 6.54 Å². The van der Waals surface area contributed by atoms with Crippen LogP contribution in [0.15, 0.2) is 18.5 Å². The Hall–Kier alpha value is -0.930. The molecule has 0 amide bonds. The Bertz CT molecular complexity index is 360. The molecule has 0 spiro atoms. The van der Waals surface area contributed by atoms with Crippen molar-refractivity contribution in [3.63, 3.8) is 0 Å². The van der Waals surface area contributed by atoms with Crippen molar-refractivity contribution in [2.45, 2.75) is 45.7 Å². The van der Waals surface area contributed by atoms with Crippen molar-refractivity contribution in [1.82, 2.24) is 9.88 Å². The molecule has 1 aromatic rings. The van der Waals surface area contributed by atoms with Crippen LogP contribution in [-0.2, 0) is 0 Å². The summed E-state index contributed by atoms with van der Waals surface area (Å²) in [6.07, 6.45) is 4.87. The molecule has 3 heteroatoms. The lowest BCUT2D eigenvalue weighted by Crippen LogP contribution is -2.45. The van der Waals surface area contributed by atoms with Crippen LogP contribution in [0.3, 0.4) is 0 Å². The monoisotopic (exact) mass is 235 g/mol. The molecular formula is C14H25N3. The Kier molecular flexibility index (Phi) is 4.66. The fourth-order valence-corrected chi connectivity index (χ4v) is 1.99. The zero-order valence-electron chi connectivity index (χ0n) is 11.7. The highest BCUT2D eigenvalue weighted by Gasteiger charge is 2.28. The lowest BCUT2D eigenvalue weighted by Gasteiger charge is -2.40. The molecule has 0 saturated heterocycles. The minimum absolute atomic E-state index is 0.145. The summed E-state index contributed by atoms with van der Waals surface area (Å²) in [4.78, 5) is 6.58. The number of aromatic nitrogens is 1. The SMILES string of the molecule is CCC(C)(C)N(C)C(CN)c1cnccc1C. The number of hydrogen-bond acceptors (Lipinski definition) is 3. The van der Waals surface area contributed by atoms with Gasteiger partial charge in [-0.25, -0.2) is 0 Å². The van der Waals surface area contributed by atoms with Crippen LogP contribution in [0.25, 0.3) is 0 Å². The zero-order chi connectivity index (χ0) is 13.1. The summed E-state index contributed by atoms with van der Waals surface area (Å²) in [5.74, 6) is 0. The van der Waals surface area contributed by atoms with Gasteiger partial charge in [0.15, 0.2) is 0 Å². The Morgan fingerprint density at radius 3 is 2.59 bits per heavy atom. The summed E-state index contributed by atoms with van der Waals surface area (Å²) in [6, 6.07) is 2.28. The fraction of sp³-hybridized carbons (Fsp3) is 0.643. The summed E-state index contributed by atoms with van der Waals surface area (Å²) >= 11 is 0. The van der Waals surface area contributed by atoms with E-state index in [9.17, 15) is 0 Å². The van der Waals surface area contributed by atoms with Gasteiger partial charge in [-0.15, -0.1) is 0 Å². The Morgan fingerprint density at radius 2 is 2.12 bits per heavy atom. The molecule has 3 nitrogen and oxygen atoms in total. The molecule has 17 heavy (non-hydrogen) atoms. The lowest BCUT2D eigenvalue weighted by molar-refractivity contribution is 0.1000. The van der Waals surface area contributed by atoms with Crippen molar-refractivity contribution in [2.24, 2.45) is 5.73 Å². The number of hydrogen-bond donors (Lipinski definition) is 1. The largest absolute Gasteiger partial charge is 0.329 e. The van der Waals surface area contributed by atoms with Crippen LogP contribution in [0, 0.1) is 6.92 Å². The minimum Gasteiger partial charge on any atom is -0.329 e. The Balaban J connectivity index is 3.04. The van der Waals surface area contributed by atoms with Crippen molar-refractivity contribution in [1.29, 1.82) is 0 Å². The summed E-state index contributed by atoms with van der Waals surface area (Å²) in [5, 5.41) is 0. The molecule has 2 N–H and O–H groups in total. The van der Waals surface area contributed by atoms with Gasteiger partial charge >= 0.3 is 0 Å². The van der Waals surface area contributed by atoms with Gasteiger partial charge in [-0.3, -0.25) is 9.88 Å². The van der Waals surface area contributed by atoms with E-state index in [1.165, 1.54) is 11.1 Å². The Labute approximate surface area is 105 Å². The van der Waals surface area contributed by atoms with Crippen molar-refractivity contribution >= 4 is 0 Å². The van der Waals surface area contributed by atoms with Gasteiger partial charge in [-0.05, 0) is 51.4 Å². The van der Waals surface area contributed by atoms with Crippen molar-refractivity contribution in [2.75, 3.05) is 13.6 Å². The molecule has 1 heterocycles. The molecule has 96 valence electrons. The summed E-state index contributed by atoms with van der Waals surface area (Å²) in [6.45, 7) is 9.45. The van der Waals surface area contributed by atoms with E-state index in [0.717, 1.165) is 6.42 Å². The quantitative estimate of drug-likeness (QED) is 0.852. The molecule has 1 unspecified atom stereocenters. The summed E-state index contributed by atoms with van der Waals surface area (Å²) in [5.41, 5.74) is 8.60. The van der Waals surface area contributed by atoms with Gasteiger partial charge in [-0.2, -0.15) is 0 Å². The second-order valence-electron chi connectivity index (χ2n) is 5.26. The van der Waals surface area contributed by atoms with Crippen LogP contribution in [0.5, 0.6) is 0 Å². The molecule has 1 atom stereocenters. The van der Waals surface area contributed by atoms with Gasteiger partial charge in [0.05, 0.1) is 0 Å². The molecule has 0 aromatic carbocycles. The molecule has 0 aliphatic carbocycles. The fourth-order valence-electron chi connectivity index (χ4n) is 1.99. The molecular weight excluding hydrogens is 210 g/mol. The van der Waals surface area contributed by atoms with Crippen LogP contribution < -0.4 is 5.73 Å². The van der Waals surface area contributed by atoms with Crippen LogP contribution in [0.2, 0.25) is 0 Å². The van der Waals surface area contributed by atoms with E-state index in [4.69, 9.17) is 5.73 Å². The minimum atomic E-state index is 0.145. The van der Waals surface area contributed by atoms with Crippen molar-refractivity contribution in [3.05, 3.63) is 29.6 Å². The average Bonchev–Trinajstić information content (AvgIpc) is 2.32. The maximum absolute atomic E-state index is 5.96. The lowest BCUT2D eigenvalue weighted by atomic mass is 9.94. The van der Waals surface area contributed by atoms with Crippen LogP contribution in [-0.4, -0.2) is 29.0 Å². The van der Waals surface area contributed by atoms with Crippen LogP contribution in [0.4, 0.5) is 0 Å². The number of likely N-dealkylation sites (N-methyl/N-ethyl adjacent to an activating group) is 1. The van der Waals surface area contributed by atoms with E-state index in [1.54, 1.807) is 0 Å². The summed E-state index contributed by atoms with van der Waals surface area (Å²) in [7, 11) is 2.15. The van der Waals surface area contributed by atoms with Gasteiger partial charge in [0, 0.05) is 30.5 Å². The van der Waals surface area contributed by atoms with Crippen LogP contribution in [0.1, 0.15) is 44.4 Å². The zero-order valence-corrected chi connectivity index (χ0v) is 11.7. The van der Waals surface area contributed by atoms with Crippen molar-refractivity contribution in [3.8, 4) is 0 Å². The van der Waals surface area contributed by atoms with E-state index in [-0.39, 0.29) is 11.6 Å². The molecule has 0 fully saturated rings. The molecule has 1 rings (SSSR count). The van der Waals surface area contributed by atoms with Gasteiger partial charge in [0.2, 0.25) is 0 Å².